The number of aryl methyl sites for hydroxylation is 1. The van der Waals surface area contributed by atoms with Gasteiger partial charge in [-0.2, -0.15) is 13.2 Å². The molecule has 2 rings (SSSR count). The van der Waals surface area contributed by atoms with Crippen LogP contribution in [0.15, 0.2) is 6.07 Å². The molecule has 0 spiro atoms. The fraction of sp³-hybridized carbons (Fsp3) is 0.643. The largest absolute Gasteiger partial charge is 0.466 e. The van der Waals surface area contributed by atoms with Crippen LogP contribution in [0.2, 0.25) is 0 Å². The van der Waals surface area contributed by atoms with E-state index in [9.17, 15) is 18.0 Å². The van der Waals surface area contributed by atoms with Crippen molar-refractivity contribution in [1.82, 2.24) is 9.97 Å². The van der Waals surface area contributed by atoms with E-state index in [-0.39, 0.29) is 36.7 Å². The van der Waals surface area contributed by atoms with Crippen molar-refractivity contribution >= 4 is 11.9 Å². The molecule has 1 aliphatic rings. The molecular weight excluding hydrogens is 299 g/mol. The Bertz CT molecular complexity index is 549. The Morgan fingerprint density at radius 1 is 1.45 bits per heavy atom. The lowest BCUT2D eigenvalue weighted by atomic mass is 9.98. The van der Waals surface area contributed by atoms with Gasteiger partial charge in [0.15, 0.2) is 0 Å². The molecule has 0 aliphatic carbocycles. The molecule has 1 atom stereocenters. The predicted octanol–water partition coefficient (Wildman–Crippen LogP) is 2.58. The Labute approximate surface area is 126 Å². The summed E-state index contributed by atoms with van der Waals surface area (Å²) >= 11 is 0. The number of piperidine rings is 1. The molecule has 22 heavy (non-hydrogen) atoms. The second kappa shape index (κ2) is 6.50. The van der Waals surface area contributed by atoms with E-state index in [1.54, 1.807) is 11.8 Å². The van der Waals surface area contributed by atoms with Gasteiger partial charge in [-0.3, -0.25) is 4.79 Å². The molecule has 1 saturated heterocycles. The molecule has 0 amide bonds. The average molecular weight is 317 g/mol. The normalized spacial score (nSPS) is 19.1. The van der Waals surface area contributed by atoms with Crippen LogP contribution in [0.3, 0.4) is 0 Å². The van der Waals surface area contributed by atoms with Gasteiger partial charge < -0.3 is 9.64 Å². The molecule has 0 radical (unpaired) electrons. The van der Waals surface area contributed by atoms with Crippen LogP contribution < -0.4 is 4.90 Å². The van der Waals surface area contributed by atoms with E-state index >= 15 is 0 Å². The smallest absolute Gasteiger partial charge is 0.433 e. The first-order chi connectivity index (χ1) is 10.3. The van der Waals surface area contributed by atoms with Crippen molar-refractivity contribution in [3.05, 3.63) is 17.5 Å². The van der Waals surface area contributed by atoms with Crippen molar-refractivity contribution in [2.24, 2.45) is 5.92 Å². The van der Waals surface area contributed by atoms with E-state index in [2.05, 4.69) is 9.97 Å². The summed E-state index contributed by atoms with van der Waals surface area (Å²) in [7, 11) is 0. The highest BCUT2D eigenvalue weighted by atomic mass is 19.4. The van der Waals surface area contributed by atoms with Crippen LogP contribution in [-0.2, 0) is 15.7 Å². The number of ether oxygens (including phenoxy) is 1. The van der Waals surface area contributed by atoms with E-state index in [0.29, 0.717) is 19.4 Å². The second-order valence-corrected chi connectivity index (χ2v) is 5.23. The maximum Gasteiger partial charge on any atom is 0.433 e. The number of carbonyl (C=O) groups is 1. The Kier molecular flexibility index (Phi) is 4.87. The summed E-state index contributed by atoms with van der Waals surface area (Å²) in [4.78, 5) is 21.1. The number of alkyl halides is 3. The zero-order valence-electron chi connectivity index (χ0n) is 12.5. The zero-order chi connectivity index (χ0) is 16.3. The van der Waals surface area contributed by atoms with Gasteiger partial charge in [0.1, 0.15) is 5.69 Å². The van der Waals surface area contributed by atoms with Crippen molar-refractivity contribution in [2.45, 2.75) is 32.9 Å². The van der Waals surface area contributed by atoms with Crippen molar-refractivity contribution in [2.75, 3.05) is 24.6 Å². The van der Waals surface area contributed by atoms with Gasteiger partial charge in [-0.15, -0.1) is 0 Å². The maximum atomic E-state index is 12.8. The van der Waals surface area contributed by atoms with E-state index in [1.807, 2.05) is 0 Å². The molecule has 1 aliphatic heterocycles. The zero-order valence-corrected chi connectivity index (χ0v) is 12.5. The summed E-state index contributed by atoms with van der Waals surface area (Å²) in [5.74, 6) is -0.663. The van der Waals surface area contributed by atoms with Crippen LogP contribution in [0.5, 0.6) is 0 Å². The van der Waals surface area contributed by atoms with Crippen LogP contribution in [-0.4, -0.2) is 35.6 Å². The van der Waals surface area contributed by atoms with Gasteiger partial charge in [0.25, 0.3) is 0 Å². The van der Waals surface area contributed by atoms with Crippen molar-refractivity contribution in [1.29, 1.82) is 0 Å². The minimum atomic E-state index is -4.52. The molecule has 0 saturated carbocycles. The van der Waals surface area contributed by atoms with Crippen molar-refractivity contribution in [3.63, 3.8) is 0 Å². The highest BCUT2D eigenvalue weighted by Gasteiger charge is 2.35. The van der Waals surface area contributed by atoms with Crippen molar-refractivity contribution < 1.29 is 22.7 Å². The molecule has 0 N–H and O–H groups in total. The first kappa shape index (κ1) is 16.5. The lowest BCUT2D eigenvalue weighted by Gasteiger charge is -2.31. The highest BCUT2D eigenvalue weighted by molar-refractivity contribution is 5.73. The number of anilines is 1. The monoisotopic (exact) mass is 317 g/mol. The second-order valence-electron chi connectivity index (χ2n) is 5.23. The van der Waals surface area contributed by atoms with Gasteiger partial charge in [-0.1, -0.05) is 0 Å². The van der Waals surface area contributed by atoms with Gasteiger partial charge >= 0.3 is 12.1 Å². The van der Waals surface area contributed by atoms with Gasteiger partial charge in [-0.25, -0.2) is 9.97 Å². The first-order valence-electron chi connectivity index (χ1n) is 7.15. The number of hydrogen-bond acceptors (Lipinski definition) is 5. The molecule has 1 fully saturated rings. The van der Waals surface area contributed by atoms with Crippen LogP contribution in [0.1, 0.15) is 31.2 Å². The molecule has 0 unspecified atom stereocenters. The minimum absolute atomic E-state index is 0.0151. The van der Waals surface area contributed by atoms with E-state index in [0.717, 1.165) is 6.07 Å². The Morgan fingerprint density at radius 2 is 2.18 bits per heavy atom. The third kappa shape index (κ3) is 3.86. The Hall–Kier alpha value is -1.86. The fourth-order valence-corrected chi connectivity index (χ4v) is 2.45. The topological polar surface area (TPSA) is 55.3 Å². The third-order valence-electron chi connectivity index (χ3n) is 3.46. The van der Waals surface area contributed by atoms with E-state index < -0.39 is 11.9 Å². The number of esters is 1. The highest BCUT2D eigenvalue weighted by Crippen LogP contribution is 2.30. The molecule has 5 nitrogen and oxygen atoms in total. The molecular formula is C14H18F3N3O2. The summed E-state index contributed by atoms with van der Waals surface area (Å²) in [6.45, 7) is 4.30. The average Bonchev–Trinajstić information content (AvgIpc) is 2.46. The number of carbonyl (C=O) groups excluding carboxylic acids is 1. The van der Waals surface area contributed by atoms with Crippen molar-refractivity contribution in [3.8, 4) is 0 Å². The molecule has 0 aromatic carbocycles. The van der Waals surface area contributed by atoms with E-state index in [4.69, 9.17) is 4.74 Å². The molecule has 1 aromatic rings. The molecule has 8 heteroatoms. The van der Waals surface area contributed by atoms with Gasteiger partial charge in [0, 0.05) is 18.8 Å². The van der Waals surface area contributed by atoms with Gasteiger partial charge in [0.2, 0.25) is 5.95 Å². The summed E-state index contributed by atoms with van der Waals surface area (Å²) < 4.78 is 43.5. The van der Waals surface area contributed by atoms with Crippen LogP contribution in [0, 0.1) is 12.8 Å². The SMILES string of the molecule is CCOC(=O)[C@@H]1CCCN(c2nc(C)cc(C(F)(F)F)n2)C1. The number of aromatic nitrogens is 2. The maximum absolute atomic E-state index is 12.8. The van der Waals surface area contributed by atoms with Crippen LogP contribution in [0.4, 0.5) is 19.1 Å². The molecule has 122 valence electrons. The van der Waals surface area contributed by atoms with E-state index in [1.165, 1.54) is 6.92 Å². The number of hydrogen-bond donors (Lipinski definition) is 0. The Balaban J connectivity index is 2.20. The summed E-state index contributed by atoms with van der Waals surface area (Å²) in [5, 5.41) is 0. The molecule has 0 bridgehead atoms. The molecule has 2 heterocycles. The quantitative estimate of drug-likeness (QED) is 0.802. The number of halogens is 3. The van der Waals surface area contributed by atoms with Gasteiger partial charge in [0.05, 0.1) is 12.5 Å². The summed E-state index contributed by atoms with van der Waals surface area (Å²) in [6.07, 6.45) is -3.17. The first-order valence-corrected chi connectivity index (χ1v) is 7.15. The van der Waals surface area contributed by atoms with Gasteiger partial charge in [-0.05, 0) is 32.8 Å². The number of rotatable bonds is 3. The standard InChI is InChI=1S/C14H18F3N3O2/c1-3-22-12(21)10-5-4-6-20(8-10)13-18-9(2)7-11(19-13)14(15,16)17/h7,10H,3-6,8H2,1-2H3/t10-/m1/s1. The summed E-state index contributed by atoms with van der Waals surface area (Å²) in [5.41, 5.74) is -0.719. The summed E-state index contributed by atoms with van der Waals surface area (Å²) in [6, 6.07) is 0.913. The third-order valence-corrected chi connectivity index (χ3v) is 3.46. The fourth-order valence-electron chi connectivity index (χ4n) is 2.45. The molecule has 1 aromatic heterocycles. The lowest BCUT2D eigenvalue weighted by molar-refractivity contribution is -0.148. The van der Waals surface area contributed by atoms with Crippen LogP contribution >= 0.6 is 0 Å². The minimum Gasteiger partial charge on any atom is -0.466 e. The predicted molar refractivity (Wildman–Crippen MR) is 73.3 cm³/mol. The number of nitrogens with zero attached hydrogens (tertiary/aromatic N) is 3. The lowest BCUT2D eigenvalue weighted by Crippen LogP contribution is -2.40. The van der Waals surface area contributed by atoms with Crippen LogP contribution in [0.25, 0.3) is 0 Å². The Morgan fingerprint density at radius 3 is 2.82 bits per heavy atom.